The first-order chi connectivity index (χ1) is 11.8. The van der Waals surface area contributed by atoms with Gasteiger partial charge in [-0.2, -0.15) is 8.78 Å². The molecule has 1 aliphatic rings. The zero-order chi connectivity index (χ0) is 18.4. The standard InChI is InChI=1S/C16H18F2N2O5/c17-15(18)24-7-6-12(21)20-11(8-10-4-2-1-3-5-10)13(22)16(9-25-16)14(19)23/h1-5,11,15H,6-9H2,(H2,19,23)(H,20,21)/t11-,16+/m0/s1. The SMILES string of the molecule is NC(=O)[C@]1(C(=O)[C@H](Cc2ccccc2)NC(=O)CCOC(F)F)CO1. The van der Waals surface area contributed by atoms with Crippen LogP contribution in [0.15, 0.2) is 30.3 Å². The molecule has 0 unspecified atom stereocenters. The van der Waals surface area contributed by atoms with Crippen LogP contribution in [0.3, 0.4) is 0 Å². The molecule has 1 aromatic rings. The van der Waals surface area contributed by atoms with E-state index in [-0.39, 0.29) is 19.4 Å². The third-order valence-corrected chi connectivity index (χ3v) is 3.74. The summed E-state index contributed by atoms with van der Waals surface area (Å²) in [5.41, 5.74) is 4.22. The average Bonchev–Trinajstić information content (AvgIpc) is 3.36. The quantitative estimate of drug-likeness (QED) is 0.458. The summed E-state index contributed by atoms with van der Waals surface area (Å²) >= 11 is 0. The number of ketones is 1. The first kappa shape index (κ1) is 18.9. The van der Waals surface area contributed by atoms with Gasteiger partial charge in [0.15, 0.2) is 5.78 Å². The van der Waals surface area contributed by atoms with Crippen molar-refractivity contribution in [2.75, 3.05) is 13.2 Å². The number of halogens is 2. The van der Waals surface area contributed by atoms with Crippen LogP contribution in [0.2, 0.25) is 0 Å². The predicted octanol–water partition coefficient (Wildman–Crippen LogP) is 0.167. The number of ether oxygens (including phenoxy) is 2. The maximum atomic E-state index is 12.6. The number of carbonyl (C=O) groups excluding carboxylic acids is 3. The number of Topliss-reactive ketones (excluding diaryl/α,β-unsaturated/α-hetero) is 1. The van der Waals surface area contributed by atoms with E-state index in [2.05, 4.69) is 10.1 Å². The Morgan fingerprint density at radius 3 is 2.44 bits per heavy atom. The van der Waals surface area contributed by atoms with Crippen molar-refractivity contribution in [3.05, 3.63) is 35.9 Å². The topological polar surface area (TPSA) is 111 Å². The van der Waals surface area contributed by atoms with Crippen molar-refractivity contribution in [1.82, 2.24) is 5.32 Å². The van der Waals surface area contributed by atoms with Crippen molar-refractivity contribution in [2.24, 2.45) is 5.73 Å². The molecule has 1 aromatic carbocycles. The van der Waals surface area contributed by atoms with Crippen LogP contribution in [0, 0.1) is 0 Å². The first-order valence-corrected chi connectivity index (χ1v) is 7.56. The lowest BCUT2D eigenvalue weighted by molar-refractivity contribution is -0.142. The average molecular weight is 356 g/mol. The summed E-state index contributed by atoms with van der Waals surface area (Å²) in [6.45, 7) is -3.61. The number of alkyl halides is 2. The van der Waals surface area contributed by atoms with Gasteiger partial charge in [0.2, 0.25) is 11.5 Å². The fourth-order valence-electron chi connectivity index (χ4n) is 2.33. The molecule has 0 radical (unpaired) electrons. The minimum absolute atomic E-state index is 0.111. The minimum atomic E-state index is -2.98. The van der Waals surface area contributed by atoms with Gasteiger partial charge in [-0.05, 0) is 12.0 Å². The highest BCUT2D eigenvalue weighted by Crippen LogP contribution is 2.29. The minimum Gasteiger partial charge on any atom is -0.367 e. The smallest absolute Gasteiger partial charge is 0.345 e. The van der Waals surface area contributed by atoms with Gasteiger partial charge in [0.05, 0.1) is 25.7 Å². The van der Waals surface area contributed by atoms with Gasteiger partial charge in [0.25, 0.3) is 5.91 Å². The Morgan fingerprint density at radius 2 is 1.92 bits per heavy atom. The van der Waals surface area contributed by atoms with E-state index in [9.17, 15) is 23.2 Å². The van der Waals surface area contributed by atoms with E-state index < -0.39 is 42.5 Å². The highest BCUT2D eigenvalue weighted by atomic mass is 19.3. The molecule has 0 bridgehead atoms. The van der Waals surface area contributed by atoms with Crippen molar-refractivity contribution < 1.29 is 32.6 Å². The third kappa shape index (κ3) is 5.04. The Morgan fingerprint density at radius 1 is 1.28 bits per heavy atom. The molecule has 2 atom stereocenters. The summed E-state index contributed by atoms with van der Waals surface area (Å²) in [6, 6.07) is 7.72. The van der Waals surface area contributed by atoms with Gasteiger partial charge in [0.1, 0.15) is 0 Å². The van der Waals surface area contributed by atoms with Gasteiger partial charge in [-0.1, -0.05) is 30.3 Å². The van der Waals surface area contributed by atoms with Gasteiger partial charge in [-0.25, -0.2) is 0 Å². The molecular formula is C16H18F2N2O5. The molecule has 0 aliphatic carbocycles. The zero-order valence-corrected chi connectivity index (χ0v) is 13.2. The van der Waals surface area contributed by atoms with Gasteiger partial charge in [-0.3, -0.25) is 14.4 Å². The number of amides is 2. The van der Waals surface area contributed by atoms with Gasteiger partial charge < -0.3 is 20.5 Å². The molecule has 2 rings (SSSR count). The normalized spacial score (nSPS) is 20.1. The second-order valence-electron chi connectivity index (χ2n) is 5.54. The summed E-state index contributed by atoms with van der Waals surface area (Å²) in [5, 5.41) is 2.44. The lowest BCUT2D eigenvalue weighted by atomic mass is 9.93. The molecule has 1 saturated heterocycles. The van der Waals surface area contributed by atoms with Crippen LogP contribution in [-0.4, -0.2) is 49.1 Å². The Labute approximate surface area is 142 Å². The van der Waals surface area contributed by atoms with E-state index in [1.807, 2.05) is 0 Å². The lowest BCUT2D eigenvalue weighted by Gasteiger charge is -2.20. The molecule has 2 amide bonds. The van der Waals surface area contributed by atoms with Crippen LogP contribution in [0.25, 0.3) is 0 Å². The highest BCUT2D eigenvalue weighted by molar-refractivity contribution is 6.14. The molecule has 9 heteroatoms. The summed E-state index contributed by atoms with van der Waals surface area (Å²) in [7, 11) is 0. The molecule has 1 heterocycles. The molecule has 136 valence electrons. The number of benzene rings is 1. The van der Waals surface area contributed by atoms with E-state index in [0.29, 0.717) is 0 Å². The van der Waals surface area contributed by atoms with Crippen LogP contribution in [-0.2, 0) is 30.3 Å². The van der Waals surface area contributed by atoms with E-state index in [1.54, 1.807) is 30.3 Å². The number of nitrogens with one attached hydrogen (secondary N) is 1. The van der Waals surface area contributed by atoms with E-state index in [4.69, 9.17) is 10.5 Å². The number of rotatable bonds is 10. The van der Waals surface area contributed by atoms with Crippen molar-refractivity contribution >= 4 is 17.6 Å². The molecule has 0 aromatic heterocycles. The Hall–Kier alpha value is -2.39. The fourth-order valence-corrected chi connectivity index (χ4v) is 2.33. The van der Waals surface area contributed by atoms with Gasteiger partial charge in [0, 0.05) is 0 Å². The van der Waals surface area contributed by atoms with Crippen LogP contribution in [0.5, 0.6) is 0 Å². The van der Waals surface area contributed by atoms with Crippen molar-refractivity contribution in [1.29, 1.82) is 0 Å². The molecule has 0 saturated carbocycles. The Kier molecular flexibility index (Phi) is 6.16. The van der Waals surface area contributed by atoms with E-state index in [0.717, 1.165) is 5.56 Å². The second-order valence-corrected chi connectivity index (χ2v) is 5.54. The van der Waals surface area contributed by atoms with Crippen LogP contribution < -0.4 is 11.1 Å². The van der Waals surface area contributed by atoms with Crippen molar-refractivity contribution in [2.45, 2.75) is 31.1 Å². The molecule has 3 N–H and O–H groups in total. The van der Waals surface area contributed by atoms with E-state index in [1.165, 1.54) is 0 Å². The molecule has 1 aliphatic heterocycles. The highest BCUT2D eigenvalue weighted by Gasteiger charge is 2.59. The number of nitrogens with two attached hydrogens (primary N) is 1. The third-order valence-electron chi connectivity index (χ3n) is 3.74. The van der Waals surface area contributed by atoms with Crippen LogP contribution in [0.4, 0.5) is 8.78 Å². The summed E-state index contributed by atoms with van der Waals surface area (Å²) < 4.78 is 32.8. The largest absolute Gasteiger partial charge is 0.367 e. The number of hydrogen-bond donors (Lipinski definition) is 2. The molecule has 7 nitrogen and oxygen atoms in total. The Bertz CT molecular complexity index is 635. The second kappa shape index (κ2) is 8.13. The first-order valence-electron chi connectivity index (χ1n) is 7.56. The van der Waals surface area contributed by atoms with Gasteiger partial charge in [-0.15, -0.1) is 0 Å². The van der Waals surface area contributed by atoms with Crippen molar-refractivity contribution in [3.63, 3.8) is 0 Å². The van der Waals surface area contributed by atoms with Gasteiger partial charge >= 0.3 is 6.61 Å². The monoisotopic (exact) mass is 356 g/mol. The van der Waals surface area contributed by atoms with E-state index >= 15 is 0 Å². The number of primary amides is 1. The summed E-state index contributed by atoms with van der Waals surface area (Å²) in [4.78, 5) is 36.0. The van der Waals surface area contributed by atoms with Crippen LogP contribution >= 0.6 is 0 Å². The lowest BCUT2D eigenvalue weighted by Crippen LogP contribution is -2.52. The molecule has 0 spiro atoms. The summed E-state index contributed by atoms with van der Waals surface area (Å²) in [6.07, 6.45) is -0.243. The molecular weight excluding hydrogens is 338 g/mol. The number of carbonyl (C=O) groups is 3. The zero-order valence-electron chi connectivity index (χ0n) is 13.2. The van der Waals surface area contributed by atoms with Crippen molar-refractivity contribution in [3.8, 4) is 0 Å². The molecule has 1 fully saturated rings. The maximum absolute atomic E-state index is 12.6. The maximum Gasteiger partial charge on any atom is 0.345 e. The molecule has 25 heavy (non-hydrogen) atoms. The predicted molar refractivity (Wildman–Crippen MR) is 81.5 cm³/mol. The number of epoxide rings is 1. The Balaban J connectivity index is 2.05. The number of hydrogen-bond acceptors (Lipinski definition) is 5. The summed E-state index contributed by atoms with van der Waals surface area (Å²) in [5.74, 6) is -2.24. The fraction of sp³-hybridized carbons (Fsp3) is 0.438. The van der Waals surface area contributed by atoms with Crippen LogP contribution in [0.1, 0.15) is 12.0 Å².